The Morgan fingerprint density at radius 1 is 0.305 bits per heavy atom. The Morgan fingerprint density at radius 3 is 0.756 bits per heavy atom. The largest absolute Gasteiger partial charge is 0.472 e. The van der Waals surface area contributed by atoms with Crippen LogP contribution in [-0.4, -0.2) is 96.7 Å². The highest BCUT2D eigenvalue weighted by molar-refractivity contribution is 7.47. The Bertz CT molecular complexity index is 1640. The molecule has 17 nitrogen and oxygen atoms in total. The van der Waals surface area contributed by atoms with Crippen molar-refractivity contribution in [1.29, 1.82) is 0 Å². The molecule has 0 radical (unpaired) electrons. The second-order valence-electron chi connectivity index (χ2n) is 24.7. The summed E-state index contributed by atoms with van der Waals surface area (Å²) in [5.41, 5.74) is 0. The fourth-order valence-corrected chi connectivity index (χ4v) is 10.8. The first-order valence-electron chi connectivity index (χ1n) is 32.7. The molecule has 0 amide bonds. The van der Waals surface area contributed by atoms with Crippen LogP contribution >= 0.6 is 15.6 Å². The predicted molar refractivity (Wildman–Crippen MR) is 326 cm³/mol. The molecule has 2 unspecified atom stereocenters. The molecule has 0 aromatic heterocycles. The highest BCUT2D eigenvalue weighted by Crippen LogP contribution is 2.45. The first-order valence-corrected chi connectivity index (χ1v) is 35.7. The molecule has 0 heterocycles. The fourth-order valence-electron chi connectivity index (χ4n) is 9.25. The normalized spacial score (nSPS) is 14.5. The molecule has 0 aliphatic rings. The summed E-state index contributed by atoms with van der Waals surface area (Å²) in [6.07, 6.45) is 32.6. The van der Waals surface area contributed by atoms with E-state index in [1.807, 2.05) is 0 Å². The second-order valence-corrected chi connectivity index (χ2v) is 27.6. The van der Waals surface area contributed by atoms with E-state index in [0.717, 1.165) is 102 Å². The maximum absolute atomic E-state index is 12.9. The van der Waals surface area contributed by atoms with E-state index in [2.05, 4.69) is 55.4 Å². The molecule has 0 aliphatic carbocycles. The number of unbranched alkanes of at least 4 members (excludes halogenated alkanes) is 26. The van der Waals surface area contributed by atoms with E-state index in [1.54, 1.807) is 0 Å². The summed E-state index contributed by atoms with van der Waals surface area (Å²) in [5, 5.41) is 10.5. The summed E-state index contributed by atoms with van der Waals surface area (Å²) in [4.78, 5) is 72.0. The van der Waals surface area contributed by atoms with Crippen LogP contribution in [0.2, 0.25) is 0 Å². The molecule has 0 saturated carbocycles. The zero-order chi connectivity index (χ0) is 61.1. The van der Waals surface area contributed by atoms with Crippen LogP contribution in [0.5, 0.6) is 0 Å². The summed E-state index contributed by atoms with van der Waals surface area (Å²) in [7, 11) is -9.88. The maximum Gasteiger partial charge on any atom is 0.472 e. The minimum atomic E-state index is -4.94. The molecule has 3 N–H and O–H groups in total. The number of carbonyl (C=O) groups is 4. The van der Waals surface area contributed by atoms with Gasteiger partial charge in [-0.25, -0.2) is 9.13 Å². The number of esters is 4. The molecular formula is C63H122O17P2. The molecule has 0 aliphatic heterocycles. The van der Waals surface area contributed by atoms with Gasteiger partial charge in [0, 0.05) is 25.7 Å². The molecule has 0 aromatic rings. The van der Waals surface area contributed by atoms with Crippen LogP contribution in [-0.2, 0) is 65.4 Å². The SMILES string of the molecule is CC(C)CCCCCCCCCCCCCCC(=O)OC[C@H](COP(=O)(O)OC[C@@H](O)COP(=O)(O)OC[C@@H](COC(=O)CCCCCCCCC(C)C)OC(=O)CCCCCCCCC(C)C)OC(=O)CCCCCCCCC(C)C. The average molecular weight is 1210 g/mol. The van der Waals surface area contributed by atoms with E-state index < -0.39 is 97.5 Å². The molecule has 0 aromatic carbocycles. The second kappa shape index (κ2) is 53.3. The van der Waals surface area contributed by atoms with Crippen LogP contribution in [0, 0.1) is 23.7 Å². The fraction of sp³-hybridized carbons (Fsp3) is 0.937. The summed E-state index contributed by atoms with van der Waals surface area (Å²) < 4.78 is 67.8. The number of phosphoric ester groups is 2. The van der Waals surface area contributed by atoms with E-state index in [0.29, 0.717) is 43.4 Å². The lowest BCUT2D eigenvalue weighted by atomic mass is 10.0. The molecule has 5 atom stereocenters. The van der Waals surface area contributed by atoms with Crippen LogP contribution in [0.4, 0.5) is 0 Å². The van der Waals surface area contributed by atoms with Gasteiger partial charge < -0.3 is 33.8 Å². The van der Waals surface area contributed by atoms with Gasteiger partial charge in [0.15, 0.2) is 12.2 Å². The van der Waals surface area contributed by atoms with Crippen molar-refractivity contribution in [3.63, 3.8) is 0 Å². The van der Waals surface area contributed by atoms with Crippen LogP contribution in [0.3, 0.4) is 0 Å². The Hall–Kier alpha value is -1.94. The van der Waals surface area contributed by atoms with Crippen molar-refractivity contribution in [2.24, 2.45) is 23.7 Å². The van der Waals surface area contributed by atoms with E-state index in [1.165, 1.54) is 96.3 Å². The Labute approximate surface area is 498 Å². The Morgan fingerprint density at radius 2 is 0.512 bits per heavy atom. The summed E-state index contributed by atoms with van der Waals surface area (Å²) in [6, 6.07) is 0. The van der Waals surface area contributed by atoms with Crippen molar-refractivity contribution < 1.29 is 80.2 Å². The number of phosphoric acid groups is 2. The highest BCUT2D eigenvalue weighted by atomic mass is 31.2. The van der Waals surface area contributed by atoms with Gasteiger partial charge in [-0.1, -0.05) is 248 Å². The van der Waals surface area contributed by atoms with Gasteiger partial charge in [0.25, 0.3) is 0 Å². The van der Waals surface area contributed by atoms with E-state index in [9.17, 15) is 43.2 Å². The molecule has 0 rings (SSSR count). The molecule has 486 valence electrons. The van der Waals surface area contributed by atoms with E-state index >= 15 is 0 Å². The van der Waals surface area contributed by atoms with Gasteiger partial charge in [-0.15, -0.1) is 0 Å². The van der Waals surface area contributed by atoms with Crippen molar-refractivity contribution in [2.45, 2.75) is 318 Å². The van der Waals surface area contributed by atoms with Gasteiger partial charge in [-0.3, -0.25) is 37.3 Å². The van der Waals surface area contributed by atoms with E-state index in [4.69, 9.17) is 37.0 Å². The number of hydrogen-bond acceptors (Lipinski definition) is 15. The lowest BCUT2D eigenvalue weighted by molar-refractivity contribution is -0.161. The number of hydrogen-bond donors (Lipinski definition) is 3. The minimum absolute atomic E-state index is 0.100. The Balaban J connectivity index is 5.19. The van der Waals surface area contributed by atoms with Gasteiger partial charge in [-0.05, 0) is 49.4 Å². The molecule has 0 saturated heterocycles. The van der Waals surface area contributed by atoms with Crippen LogP contribution in [0.1, 0.15) is 299 Å². The third-order valence-electron chi connectivity index (χ3n) is 14.3. The molecule has 82 heavy (non-hydrogen) atoms. The zero-order valence-corrected chi connectivity index (χ0v) is 54.9. The number of aliphatic hydroxyl groups is 1. The summed E-state index contributed by atoms with van der Waals surface area (Å²) in [6.45, 7) is 13.8. The van der Waals surface area contributed by atoms with Crippen molar-refractivity contribution in [3.05, 3.63) is 0 Å². The van der Waals surface area contributed by atoms with Crippen molar-refractivity contribution in [2.75, 3.05) is 39.6 Å². The molecular weight excluding hydrogens is 1090 g/mol. The van der Waals surface area contributed by atoms with Crippen LogP contribution < -0.4 is 0 Å². The van der Waals surface area contributed by atoms with Crippen LogP contribution in [0.25, 0.3) is 0 Å². The molecule has 0 fully saturated rings. The number of carbonyl (C=O) groups excluding carboxylic acids is 4. The Kier molecular flexibility index (Phi) is 52.0. The number of rotatable bonds is 60. The van der Waals surface area contributed by atoms with Crippen LogP contribution in [0.15, 0.2) is 0 Å². The third kappa shape index (κ3) is 57.2. The summed E-state index contributed by atoms with van der Waals surface area (Å²) >= 11 is 0. The van der Waals surface area contributed by atoms with Crippen molar-refractivity contribution in [3.8, 4) is 0 Å². The molecule has 19 heteroatoms. The van der Waals surface area contributed by atoms with Crippen molar-refractivity contribution in [1.82, 2.24) is 0 Å². The van der Waals surface area contributed by atoms with Gasteiger partial charge in [0.05, 0.1) is 26.4 Å². The summed E-state index contributed by atoms with van der Waals surface area (Å²) in [5.74, 6) is 0.651. The lowest BCUT2D eigenvalue weighted by Gasteiger charge is -2.21. The quantitative estimate of drug-likeness (QED) is 0.0222. The standard InChI is InChI=1S/C63H122O17P2/c1-53(2)39-31-23-15-13-11-9-10-12-14-16-27-35-43-60(65)73-49-58(79-62(67)45-37-29-21-18-25-33-41-55(5)6)51-77-81(69,70)75-47-57(64)48-76-82(71,72)78-52-59(80-63(68)46-38-30-22-19-26-34-42-56(7)8)50-74-61(66)44-36-28-20-17-24-32-40-54(3)4/h53-59,64H,9-52H2,1-8H3,(H,69,70)(H,71,72)/t57-,58-,59-/m1/s1. The van der Waals surface area contributed by atoms with Gasteiger partial charge in [0.1, 0.15) is 19.3 Å². The molecule has 0 spiro atoms. The maximum atomic E-state index is 12.9. The monoisotopic (exact) mass is 1210 g/mol. The average Bonchev–Trinajstić information content (AvgIpc) is 3.43. The number of aliphatic hydroxyl groups excluding tert-OH is 1. The predicted octanol–water partition coefficient (Wildman–Crippen LogP) is 17.0. The molecule has 0 bridgehead atoms. The third-order valence-corrected chi connectivity index (χ3v) is 16.2. The van der Waals surface area contributed by atoms with Crippen molar-refractivity contribution >= 4 is 39.5 Å². The van der Waals surface area contributed by atoms with Gasteiger partial charge >= 0.3 is 39.5 Å². The van der Waals surface area contributed by atoms with E-state index in [-0.39, 0.29) is 25.7 Å². The van der Waals surface area contributed by atoms with Gasteiger partial charge in [0.2, 0.25) is 0 Å². The van der Waals surface area contributed by atoms with Gasteiger partial charge in [-0.2, -0.15) is 0 Å². The topological polar surface area (TPSA) is 237 Å². The zero-order valence-electron chi connectivity index (χ0n) is 53.1. The first-order chi connectivity index (χ1) is 39.1. The smallest absolute Gasteiger partial charge is 0.462 e. The number of ether oxygens (including phenoxy) is 4. The highest BCUT2D eigenvalue weighted by Gasteiger charge is 2.30. The minimum Gasteiger partial charge on any atom is -0.462 e. The first kappa shape index (κ1) is 80.1. The lowest BCUT2D eigenvalue weighted by Crippen LogP contribution is -2.30.